The van der Waals surface area contributed by atoms with Gasteiger partial charge < -0.3 is 10.2 Å². The fourth-order valence-electron chi connectivity index (χ4n) is 1.41. The van der Waals surface area contributed by atoms with Crippen molar-refractivity contribution in [1.82, 2.24) is 0 Å². The van der Waals surface area contributed by atoms with Crippen molar-refractivity contribution in [3.63, 3.8) is 0 Å². The molecule has 0 aliphatic carbocycles. The van der Waals surface area contributed by atoms with Crippen molar-refractivity contribution < 1.29 is 24.2 Å². The molecule has 0 amide bonds. The summed E-state index contributed by atoms with van der Waals surface area (Å²) in [6, 6.07) is 0. The molecule has 0 spiro atoms. The van der Waals surface area contributed by atoms with E-state index in [9.17, 15) is 14.0 Å². The molecule has 0 aromatic carbocycles. The van der Waals surface area contributed by atoms with Crippen LogP contribution in [0.15, 0.2) is 0 Å². The van der Waals surface area contributed by atoms with E-state index in [1.807, 2.05) is 0 Å². The summed E-state index contributed by atoms with van der Waals surface area (Å²) in [7, 11) is 0. The standard InChI is InChI=1S/C11H19FO4/c1-8(10(13)14)5-3-2-4-6-9(7-12)11(15)16/h8-9H,2-7H2,1H3,(H,13,14)(H,15,16). The summed E-state index contributed by atoms with van der Waals surface area (Å²) >= 11 is 0. The molecule has 2 atom stereocenters. The summed E-state index contributed by atoms with van der Waals surface area (Å²) in [5.74, 6) is -3.18. The number of alkyl halides is 1. The maximum absolute atomic E-state index is 12.2. The lowest BCUT2D eigenvalue weighted by molar-refractivity contribution is -0.142. The van der Waals surface area contributed by atoms with Gasteiger partial charge in [-0.3, -0.25) is 14.0 Å². The summed E-state index contributed by atoms with van der Waals surface area (Å²) in [6.07, 6.45) is 3.04. The van der Waals surface area contributed by atoms with Gasteiger partial charge in [-0.25, -0.2) is 0 Å². The third kappa shape index (κ3) is 6.37. The minimum absolute atomic E-state index is 0.327. The second-order valence-corrected chi connectivity index (χ2v) is 4.07. The summed E-state index contributed by atoms with van der Waals surface area (Å²) in [5, 5.41) is 17.2. The summed E-state index contributed by atoms with van der Waals surface area (Å²) in [6.45, 7) is 0.810. The first-order valence-electron chi connectivity index (χ1n) is 5.50. The largest absolute Gasteiger partial charge is 0.481 e. The average Bonchev–Trinajstić information content (AvgIpc) is 2.22. The van der Waals surface area contributed by atoms with E-state index in [4.69, 9.17) is 10.2 Å². The zero-order valence-electron chi connectivity index (χ0n) is 9.49. The Balaban J connectivity index is 3.53. The molecule has 0 heterocycles. The third-order valence-electron chi connectivity index (χ3n) is 2.65. The number of carboxylic acid groups (broad SMARTS) is 2. The topological polar surface area (TPSA) is 74.6 Å². The Labute approximate surface area is 94.5 Å². The lowest BCUT2D eigenvalue weighted by Gasteiger charge is -2.08. The summed E-state index contributed by atoms with van der Waals surface area (Å²) in [5.41, 5.74) is 0. The van der Waals surface area contributed by atoms with Crippen LogP contribution in [0, 0.1) is 11.8 Å². The van der Waals surface area contributed by atoms with Crippen LogP contribution in [0.1, 0.15) is 39.0 Å². The maximum atomic E-state index is 12.2. The van der Waals surface area contributed by atoms with E-state index in [-0.39, 0.29) is 5.92 Å². The van der Waals surface area contributed by atoms with Gasteiger partial charge in [0.05, 0.1) is 11.8 Å². The Kier molecular flexibility index (Phi) is 7.50. The molecule has 16 heavy (non-hydrogen) atoms. The Morgan fingerprint density at radius 2 is 1.62 bits per heavy atom. The molecular formula is C11H19FO4. The van der Waals surface area contributed by atoms with Gasteiger partial charge in [0.25, 0.3) is 0 Å². The van der Waals surface area contributed by atoms with Crippen molar-refractivity contribution >= 4 is 11.9 Å². The molecule has 0 aromatic rings. The fraction of sp³-hybridized carbons (Fsp3) is 0.818. The Morgan fingerprint density at radius 3 is 2.06 bits per heavy atom. The van der Waals surface area contributed by atoms with E-state index in [1.165, 1.54) is 0 Å². The van der Waals surface area contributed by atoms with Gasteiger partial charge in [0.1, 0.15) is 6.67 Å². The van der Waals surface area contributed by atoms with Crippen molar-refractivity contribution in [2.75, 3.05) is 6.67 Å². The fourth-order valence-corrected chi connectivity index (χ4v) is 1.41. The lowest BCUT2D eigenvalue weighted by atomic mass is 9.99. The monoisotopic (exact) mass is 234 g/mol. The third-order valence-corrected chi connectivity index (χ3v) is 2.65. The molecule has 0 saturated carbocycles. The van der Waals surface area contributed by atoms with Crippen molar-refractivity contribution in [3.8, 4) is 0 Å². The smallest absolute Gasteiger partial charge is 0.309 e. The van der Waals surface area contributed by atoms with E-state index >= 15 is 0 Å². The van der Waals surface area contributed by atoms with Crippen molar-refractivity contribution in [1.29, 1.82) is 0 Å². The minimum atomic E-state index is -1.10. The van der Waals surface area contributed by atoms with Gasteiger partial charge >= 0.3 is 11.9 Å². The highest BCUT2D eigenvalue weighted by Crippen LogP contribution is 2.14. The lowest BCUT2D eigenvalue weighted by Crippen LogP contribution is -2.15. The second-order valence-electron chi connectivity index (χ2n) is 4.07. The van der Waals surface area contributed by atoms with Gasteiger partial charge in [-0.15, -0.1) is 0 Å². The van der Waals surface area contributed by atoms with Gasteiger partial charge in [0.15, 0.2) is 0 Å². The number of rotatable bonds is 9. The Hall–Kier alpha value is -1.13. The Bertz CT molecular complexity index is 230. The zero-order chi connectivity index (χ0) is 12.6. The summed E-state index contributed by atoms with van der Waals surface area (Å²) < 4.78 is 12.2. The molecule has 94 valence electrons. The van der Waals surface area contributed by atoms with Crippen LogP contribution >= 0.6 is 0 Å². The molecule has 0 fully saturated rings. The Morgan fingerprint density at radius 1 is 1.06 bits per heavy atom. The zero-order valence-corrected chi connectivity index (χ0v) is 9.49. The van der Waals surface area contributed by atoms with Crippen molar-refractivity contribution in [2.45, 2.75) is 39.0 Å². The highest BCUT2D eigenvalue weighted by Gasteiger charge is 2.16. The van der Waals surface area contributed by atoms with Crippen LogP contribution in [0.25, 0.3) is 0 Å². The van der Waals surface area contributed by atoms with Crippen LogP contribution in [0.3, 0.4) is 0 Å². The number of aliphatic carboxylic acids is 2. The first-order chi connectivity index (χ1) is 7.49. The van der Waals surface area contributed by atoms with E-state index in [0.717, 1.165) is 12.8 Å². The molecule has 2 unspecified atom stereocenters. The molecule has 2 N–H and O–H groups in total. The minimum Gasteiger partial charge on any atom is -0.481 e. The van der Waals surface area contributed by atoms with Crippen LogP contribution < -0.4 is 0 Å². The van der Waals surface area contributed by atoms with Crippen molar-refractivity contribution in [2.24, 2.45) is 11.8 Å². The van der Waals surface area contributed by atoms with Crippen LogP contribution in [-0.2, 0) is 9.59 Å². The first kappa shape index (κ1) is 14.9. The number of halogens is 1. The molecule has 0 bridgehead atoms. The predicted octanol–water partition coefficient (Wildman–Crippen LogP) is 2.33. The summed E-state index contributed by atoms with van der Waals surface area (Å²) in [4.78, 5) is 21.0. The van der Waals surface area contributed by atoms with Crippen LogP contribution in [0.4, 0.5) is 4.39 Å². The number of unbranched alkanes of at least 4 members (excludes halogenated alkanes) is 2. The molecule has 4 nitrogen and oxygen atoms in total. The highest BCUT2D eigenvalue weighted by atomic mass is 19.1. The number of hydrogen-bond donors (Lipinski definition) is 2. The van der Waals surface area contributed by atoms with Gasteiger partial charge in [0.2, 0.25) is 0 Å². The molecule has 5 heteroatoms. The molecule has 0 saturated heterocycles. The normalized spacial score (nSPS) is 14.4. The molecule has 0 aliphatic heterocycles. The SMILES string of the molecule is CC(CCCCCC(CF)C(=O)O)C(=O)O. The van der Waals surface area contributed by atoms with Crippen LogP contribution in [0.2, 0.25) is 0 Å². The van der Waals surface area contributed by atoms with E-state index in [0.29, 0.717) is 19.3 Å². The molecule has 0 rings (SSSR count). The quantitative estimate of drug-likeness (QED) is 0.600. The number of carbonyl (C=O) groups is 2. The van der Waals surface area contributed by atoms with Crippen LogP contribution in [0.5, 0.6) is 0 Å². The molecular weight excluding hydrogens is 215 g/mol. The van der Waals surface area contributed by atoms with E-state index in [1.54, 1.807) is 6.92 Å². The molecule has 0 aliphatic rings. The predicted molar refractivity (Wildman–Crippen MR) is 57.0 cm³/mol. The molecule has 0 aromatic heterocycles. The second kappa shape index (κ2) is 8.07. The van der Waals surface area contributed by atoms with E-state index < -0.39 is 24.5 Å². The van der Waals surface area contributed by atoms with Gasteiger partial charge in [-0.05, 0) is 12.8 Å². The van der Waals surface area contributed by atoms with Crippen molar-refractivity contribution in [3.05, 3.63) is 0 Å². The molecule has 0 radical (unpaired) electrons. The highest BCUT2D eigenvalue weighted by molar-refractivity contribution is 5.70. The number of carboxylic acids is 2. The van der Waals surface area contributed by atoms with Crippen LogP contribution in [-0.4, -0.2) is 28.8 Å². The van der Waals surface area contributed by atoms with Gasteiger partial charge in [0, 0.05) is 0 Å². The van der Waals surface area contributed by atoms with E-state index in [2.05, 4.69) is 0 Å². The van der Waals surface area contributed by atoms with Gasteiger partial charge in [-0.2, -0.15) is 0 Å². The average molecular weight is 234 g/mol. The number of hydrogen-bond acceptors (Lipinski definition) is 2. The maximum Gasteiger partial charge on any atom is 0.309 e. The first-order valence-corrected chi connectivity index (χ1v) is 5.50. The van der Waals surface area contributed by atoms with Gasteiger partial charge in [-0.1, -0.05) is 26.2 Å².